The van der Waals surface area contributed by atoms with Crippen molar-refractivity contribution in [3.63, 3.8) is 0 Å². The monoisotopic (exact) mass is 309 g/mol. The summed E-state index contributed by atoms with van der Waals surface area (Å²) >= 11 is 3.50. The zero-order chi connectivity index (χ0) is 13.5. The van der Waals surface area contributed by atoms with Gasteiger partial charge in [0, 0.05) is 16.9 Å². The first-order valence-electron chi connectivity index (χ1n) is 6.17. The molecule has 1 aromatic carbocycles. The number of aromatic amines is 1. The first-order chi connectivity index (χ1) is 8.27. The lowest BCUT2D eigenvalue weighted by Crippen LogP contribution is -2.37. The highest BCUT2D eigenvalue weighted by molar-refractivity contribution is 9.10. The number of hydrogen-bond acceptors (Lipinski definition) is 2. The highest BCUT2D eigenvalue weighted by Gasteiger charge is 2.22. The number of imidazole rings is 1. The van der Waals surface area contributed by atoms with Gasteiger partial charge in [-0.1, -0.05) is 36.7 Å². The minimum absolute atomic E-state index is 0.0919. The normalized spacial score (nSPS) is 14.1. The number of hydrogen-bond donors (Lipinski definition) is 2. The molecule has 98 valence electrons. The van der Waals surface area contributed by atoms with Gasteiger partial charge in [-0.3, -0.25) is 0 Å². The fourth-order valence-corrected chi connectivity index (χ4v) is 2.48. The molecule has 0 aliphatic rings. The Bertz CT molecular complexity index is 566. The number of rotatable bonds is 2. The number of fused-ring (bicyclic) bond motifs is 1. The van der Waals surface area contributed by atoms with Crippen molar-refractivity contribution in [2.24, 2.45) is 11.1 Å². The molecule has 0 saturated heterocycles. The molecule has 2 rings (SSSR count). The Kier molecular flexibility index (Phi) is 3.52. The molecule has 4 heteroatoms. The average Bonchev–Trinajstić information content (AvgIpc) is 2.58. The minimum Gasteiger partial charge on any atom is -0.342 e. The van der Waals surface area contributed by atoms with Crippen LogP contribution in [0, 0.1) is 12.3 Å². The van der Waals surface area contributed by atoms with Gasteiger partial charge >= 0.3 is 0 Å². The number of nitrogens with zero attached hydrogens (tertiary/aromatic N) is 1. The molecule has 18 heavy (non-hydrogen) atoms. The van der Waals surface area contributed by atoms with Crippen molar-refractivity contribution < 1.29 is 0 Å². The molecule has 1 unspecified atom stereocenters. The summed E-state index contributed by atoms with van der Waals surface area (Å²) in [5.41, 5.74) is 9.57. The van der Waals surface area contributed by atoms with E-state index >= 15 is 0 Å². The lowest BCUT2D eigenvalue weighted by molar-refractivity contribution is 0.315. The molecule has 0 radical (unpaired) electrons. The van der Waals surface area contributed by atoms with Gasteiger partial charge in [-0.15, -0.1) is 0 Å². The average molecular weight is 310 g/mol. The Morgan fingerprint density at radius 1 is 1.39 bits per heavy atom. The van der Waals surface area contributed by atoms with Crippen LogP contribution in [-0.2, 0) is 6.42 Å². The van der Waals surface area contributed by atoms with E-state index in [4.69, 9.17) is 5.73 Å². The molecule has 0 amide bonds. The quantitative estimate of drug-likeness (QED) is 0.891. The first-order valence-corrected chi connectivity index (χ1v) is 6.97. The molecule has 1 aromatic heterocycles. The van der Waals surface area contributed by atoms with Crippen molar-refractivity contribution in [1.29, 1.82) is 0 Å². The highest BCUT2D eigenvalue weighted by Crippen LogP contribution is 2.24. The summed E-state index contributed by atoms with van der Waals surface area (Å²) in [4.78, 5) is 8.01. The van der Waals surface area contributed by atoms with E-state index < -0.39 is 0 Å². The van der Waals surface area contributed by atoms with Gasteiger partial charge in [0.25, 0.3) is 0 Å². The van der Waals surface area contributed by atoms with E-state index in [0.717, 1.165) is 27.8 Å². The summed E-state index contributed by atoms with van der Waals surface area (Å²) in [5, 5.41) is 0. The lowest BCUT2D eigenvalue weighted by atomic mass is 9.85. The van der Waals surface area contributed by atoms with E-state index in [1.165, 1.54) is 5.56 Å². The van der Waals surface area contributed by atoms with E-state index in [2.05, 4.69) is 65.7 Å². The number of aryl methyl sites for hydroxylation is 1. The molecular formula is C14H20BrN3. The standard InChI is InChI=1S/C14H20BrN3/c1-8-5-9(15)6-10-13(8)18-12(17-10)7-11(16)14(2,3)4/h5-6,11H,7,16H2,1-4H3,(H,17,18). The van der Waals surface area contributed by atoms with Gasteiger partial charge in [0.2, 0.25) is 0 Å². The molecule has 0 aliphatic heterocycles. The Labute approximate surface area is 116 Å². The molecule has 3 N–H and O–H groups in total. The molecule has 0 saturated carbocycles. The van der Waals surface area contributed by atoms with Gasteiger partial charge in [-0.05, 0) is 30.0 Å². The van der Waals surface area contributed by atoms with Gasteiger partial charge in [0.05, 0.1) is 11.0 Å². The van der Waals surface area contributed by atoms with Crippen molar-refractivity contribution >= 4 is 27.0 Å². The third-order valence-corrected chi connectivity index (χ3v) is 3.77. The predicted molar refractivity (Wildman–Crippen MR) is 79.7 cm³/mol. The Hall–Kier alpha value is -0.870. The first kappa shape index (κ1) is 13.6. The Morgan fingerprint density at radius 2 is 2.06 bits per heavy atom. The summed E-state index contributed by atoms with van der Waals surface area (Å²) in [5.74, 6) is 0.966. The van der Waals surface area contributed by atoms with Crippen molar-refractivity contribution in [1.82, 2.24) is 9.97 Å². The molecular weight excluding hydrogens is 290 g/mol. The summed E-state index contributed by atoms with van der Waals surface area (Å²) in [7, 11) is 0. The predicted octanol–water partition coefficient (Wildman–Crippen LogP) is 3.55. The van der Waals surface area contributed by atoms with Crippen LogP contribution in [0.25, 0.3) is 11.0 Å². The Morgan fingerprint density at radius 3 is 2.67 bits per heavy atom. The Balaban J connectivity index is 2.34. The molecule has 2 aromatic rings. The number of nitrogens with one attached hydrogen (secondary N) is 1. The maximum Gasteiger partial charge on any atom is 0.108 e. The third-order valence-electron chi connectivity index (χ3n) is 3.32. The van der Waals surface area contributed by atoms with Crippen LogP contribution in [0.1, 0.15) is 32.2 Å². The molecule has 1 atom stereocenters. The van der Waals surface area contributed by atoms with E-state index in [9.17, 15) is 0 Å². The molecule has 1 heterocycles. The van der Waals surface area contributed by atoms with Crippen LogP contribution in [0.4, 0.5) is 0 Å². The van der Waals surface area contributed by atoms with Crippen molar-refractivity contribution in [3.05, 3.63) is 28.0 Å². The summed E-state index contributed by atoms with van der Waals surface area (Å²) in [6.07, 6.45) is 0.773. The third kappa shape index (κ3) is 2.75. The fraction of sp³-hybridized carbons (Fsp3) is 0.500. The molecule has 3 nitrogen and oxygen atoms in total. The van der Waals surface area contributed by atoms with Crippen molar-refractivity contribution in [3.8, 4) is 0 Å². The maximum absolute atomic E-state index is 6.20. The number of aromatic nitrogens is 2. The maximum atomic E-state index is 6.20. The summed E-state index contributed by atoms with van der Waals surface area (Å²) in [6.45, 7) is 8.54. The second-order valence-corrected chi connectivity index (χ2v) is 6.89. The summed E-state index contributed by atoms with van der Waals surface area (Å²) < 4.78 is 1.07. The van der Waals surface area contributed by atoms with Crippen LogP contribution in [0.5, 0.6) is 0 Å². The largest absolute Gasteiger partial charge is 0.342 e. The van der Waals surface area contributed by atoms with E-state index in [0.29, 0.717) is 0 Å². The van der Waals surface area contributed by atoms with E-state index in [-0.39, 0.29) is 11.5 Å². The lowest BCUT2D eigenvalue weighted by Gasteiger charge is -2.26. The van der Waals surface area contributed by atoms with E-state index in [1.54, 1.807) is 0 Å². The topological polar surface area (TPSA) is 54.7 Å². The van der Waals surface area contributed by atoms with Crippen molar-refractivity contribution in [2.75, 3.05) is 0 Å². The van der Waals surface area contributed by atoms with Gasteiger partial charge in [0.1, 0.15) is 5.82 Å². The number of halogens is 1. The molecule has 0 aliphatic carbocycles. The second kappa shape index (κ2) is 4.67. The van der Waals surface area contributed by atoms with Crippen LogP contribution >= 0.6 is 15.9 Å². The number of benzene rings is 1. The van der Waals surface area contributed by atoms with Crippen LogP contribution in [-0.4, -0.2) is 16.0 Å². The SMILES string of the molecule is Cc1cc(Br)cc2[nH]c(CC(N)C(C)(C)C)nc12. The van der Waals surface area contributed by atoms with Gasteiger partial charge in [-0.2, -0.15) is 0 Å². The van der Waals surface area contributed by atoms with Crippen LogP contribution < -0.4 is 5.73 Å². The second-order valence-electron chi connectivity index (χ2n) is 5.98. The zero-order valence-corrected chi connectivity index (χ0v) is 12.9. The summed E-state index contributed by atoms with van der Waals surface area (Å²) in [6, 6.07) is 4.24. The van der Waals surface area contributed by atoms with Crippen LogP contribution in [0.15, 0.2) is 16.6 Å². The zero-order valence-electron chi connectivity index (χ0n) is 11.3. The smallest absolute Gasteiger partial charge is 0.108 e. The van der Waals surface area contributed by atoms with Gasteiger partial charge in [-0.25, -0.2) is 4.98 Å². The number of H-pyrrole nitrogens is 1. The number of nitrogens with two attached hydrogens (primary N) is 1. The fourth-order valence-electron chi connectivity index (χ4n) is 1.91. The molecule has 0 bridgehead atoms. The van der Waals surface area contributed by atoms with Crippen LogP contribution in [0.3, 0.4) is 0 Å². The van der Waals surface area contributed by atoms with Gasteiger partial charge < -0.3 is 10.7 Å². The molecule has 0 fully saturated rings. The van der Waals surface area contributed by atoms with Gasteiger partial charge in [0.15, 0.2) is 0 Å². The minimum atomic E-state index is 0.0919. The van der Waals surface area contributed by atoms with Crippen LogP contribution in [0.2, 0.25) is 0 Å². The highest BCUT2D eigenvalue weighted by atomic mass is 79.9. The van der Waals surface area contributed by atoms with Crippen molar-refractivity contribution in [2.45, 2.75) is 40.2 Å². The van der Waals surface area contributed by atoms with E-state index in [1.807, 2.05) is 0 Å². The molecule has 0 spiro atoms.